The normalized spacial score (nSPS) is 39.8. The van der Waals surface area contributed by atoms with Crippen molar-refractivity contribution in [2.45, 2.75) is 37.9 Å². The van der Waals surface area contributed by atoms with Gasteiger partial charge in [0.25, 0.3) is 0 Å². The summed E-state index contributed by atoms with van der Waals surface area (Å²) >= 11 is 0. The van der Waals surface area contributed by atoms with Crippen molar-refractivity contribution in [2.75, 3.05) is 0 Å². The van der Waals surface area contributed by atoms with E-state index in [0.29, 0.717) is 12.8 Å². The van der Waals surface area contributed by atoms with Crippen molar-refractivity contribution >= 4 is 0 Å². The Bertz CT molecular complexity index is 62.9. The average molecular weight is 114 g/mol. The molecule has 0 saturated heterocycles. The molecule has 1 rings (SSSR count). The molecule has 0 aromatic heterocycles. The van der Waals surface area contributed by atoms with Gasteiger partial charge < -0.3 is 0 Å². The molecular weight excluding hydrogens is 104 g/mol. The van der Waals surface area contributed by atoms with Gasteiger partial charge in [-0.2, -0.15) is 0 Å². The molecule has 1 aliphatic carbocycles. The third-order valence-electron chi connectivity index (χ3n) is 1.64. The summed E-state index contributed by atoms with van der Waals surface area (Å²) in [5, 5.41) is 21.1. The van der Waals surface area contributed by atoms with Gasteiger partial charge in [0.05, 0.1) is 0 Å². The SMILES string of the molecule is [O]C1CCCCC1[O]. The zero-order valence-electron chi connectivity index (χ0n) is 4.80. The van der Waals surface area contributed by atoms with Crippen LogP contribution in [0.4, 0.5) is 0 Å². The van der Waals surface area contributed by atoms with Crippen molar-refractivity contribution in [1.82, 2.24) is 0 Å². The monoisotopic (exact) mass is 114 g/mol. The standard InChI is InChI=1S/C6H10O2/c7-5-3-1-2-4-6(5)8/h5-6H,1-4H2. The van der Waals surface area contributed by atoms with E-state index in [9.17, 15) is 10.2 Å². The topological polar surface area (TPSA) is 39.8 Å². The number of hydrogen-bond donors (Lipinski definition) is 0. The summed E-state index contributed by atoms with van der Waals surface area (Å²) in [5.74, 6) is 0. The maximum atomic E-state index is 10.6. The maximum Gasteiger partial charge on any atom is 0.122 e. The molecule has 2 unspecified atom stereocenters. The molecule has 0 aromatic rings. The molecule has 1 aliphatic rings. The van der Waals surface area contributed by atoms with Crippen LogP contribution in [-0.2, 0) is 10.2 Å². The number of rotatable bonds is 0. The first-order chi connectivity index (χ1) is 3.80. The fourth-order valence-electron chi connectivity index (χ4n) is 1.06. The van der Waals surface area contributed by atoms with E-state index in [1.54, 1.807) is 0 Å². The maximum absolute atomic E-state index is 10.6. The first kappa shape index (κ1) is 6.05. The molecule has 0 aliphatic heterocycles. The smallest absolute Gasteiger partial charge is 0.122 e. The molecule has 0 amide bonds. The predicted molar refractivity (Wildman–Crippen MR) is 27.4 cm³/mol. The molecule has 8 heavy (non-hydrogen) atoms. The molecule has 1 saturated carbocycles. The Morgan fingerprint density at radius 3 is 1.50 bits per heavy atom. The Morgan fingerprint density at radius 2 is 1.25 bits per heavy atom. The van der Waals surface area contributed by atoms with Crippen molar-refractivity contribution < 1.29 is 10.2 Å². The highest BCUT2D eigenvalue weighted by atomic mass is 16.3. The lowest BCUT2D eigenvalue weighted by Crippen LogP contribution is -2.26. The molecule has 0 N–H and O–H groups in total. The van der Waals surface area contributed by atoms with Gasteiger partial charge in [0, 0.05) is 0 Å². The highest BCUT2D eigenvalue weighted by Crippen LogP contribution is 2.18. The summed E-state index contributed by atoms with van der Waals surface area (Å²) in [7, 11) is 0. The van der Waals surface area contributed by atoms with Crippen molar-refractivity contribution in [2.24, 2.45) is 0 Å². The van der Waals surface area contributed by atoms with Crippen molar-refractivity contribution in [3.05, 3.63) is 0 Å². The Kier molecular flexibility index (Phi) is 1.86. The van der Waals surface area contributed by atoms with Crippen LogP contribution in [0.1, 0.15) is 25.7 Å². The van der Waals surface area contributed by atoms with E-state index in [1.807, 2.05) is 0 Å². The summed E-state index contributed by atoms with van der Waals surface area (Å²) in [6.45, 7) is 0. The first-order valence-corrected chi connectivity index (χ1v) is 3.12. The van der Waals surface area contributed by atoms with Crippen LogP contribution in [0.3, 0.4) is 0 Å². The summed E-state index contributed by atoms with van der Waals surface area (Å²) in [5.41, 5.74) is 0. The van der Waals surface area contributed by atoms with E-state index in [2.05, 4.69) is 0 Å². The van der Waals surface area contributed by atoms with Crippen molar-refractivity contribution in [3.8, 4) is 0 Å². The lowest BCUT2D eigenvalue weighted by Gasteiger charge is -2.18. The largest absolute Gasteiger partial charge is 0.230 e. The van der Waals surface area contributed by atoms with E-state index in [-0.39, 0.29) is 0 Å². The first-order valence-electron chi connectivity index (χ1n) is 3.12. The summed E-state index contributed by atoms with van der Waals surface area (Å²) in [6.07, 6.45) is 1.54. The molecule has 0 aromatic carbocycles. The van der Waals surface area contributed by atoms with Gasteiger partial charge in [-0.15, -0.1) is 0 Å². The van der Waals surface area contributed by atoms with Gasteiger partial charge in [-0.1, -0.05) is 12.8 Å². The highest BCUT2D eigenvalue weighted by Gasteiger charge is 2.22. The Labute approximate surface area is 49.1 Å². The third kappa shape index (κ3) is 1.20. The Hall–Kier alpha value is -0.0800. The van der Waals surface area contributed by atoms with Crippen LogP contribution in [0.5, 0.6) is 0 Å². The Morgan fingerprint density at radius 1 is 0.875 bits per heavy atom. The fraction of sp³-hybridized carbons (Fsp3) is 1.00. The summed E-state index contributed by atoms with van der Waals surface area (Å²) < 4.78 is 0. The van der Waals surface area contributed by atoms with Crippen LogP contribution in [0.2, 0.25) is 0 Å². The summed E-state index contributed by atoms with van der Waals surface area (Å²) in [6, 6.07) is 0. The van der Waals surface area contributed by atoms with E-state index in [1.165, 1.54) is 0 Å². The van der Waals surface area contributed by atoms with E-state index >= 15 is 0 Å². The van der Waals surface area contributed by atoms with Crippen LogP contribution in [0.15, 0.2) is 0 Å². The molecule has 46 valence electrons. The van der Waals surface area contributed by atoms with Gasteiger partial charge in [-0.05, 0) is 12.8 Å². The van der Waals surface area contributed by atoms with Crippen LogP contribution in [-0.4, -0.2) is 12.2 Å². The third-order valence-corrected chi connectivity index (χ3v) is 1.64. The van der Waals surface area contributed by atoms with Gasteiger partial charge in [-0.3, -0.25) is 0 Å². The van der Waals surface area contributed by atoms with Crippen molar-refractivity contribution in [3.63, 3.8) is 0 Å². The zero-order valence-corrected chi connectivity index (χ0v) is 4.80. The number of hydrogen-bond acceptors (Lipinski definition) is 0. The molecule has 1 fully saturated rings. The molecule has 2 heteroatoms. The zero-order chi connectivity index (χ0) is 5.98. The van der Waals surface area contributed by atoms with E-state index < -0.39 is 12.2 Å². The molecule has 2 atom stereocenters. The molecule has 0 bridgehead atoms. The second-order valence-electron chi connectivity index (χ2n) is 2.36. The molecule has 0 spiro atoms. The van der Waals surface area contributed by atoms with E-state index in [0.717, 1.165) is 12.8 Å². The Balaban J connectivity index is 2.28. The van der Waals surface area contributed by atoms with E-state index in [4.69, 9.17) is 0 Å². The lowest BCUT2D eigenvalue weighted by molar-refractivity contribution is -0.0813. The van der Waals surface area contributed by atoms with Crippen molar-refractivity contribution in [1.29, 1.82) is 0 Å². The van der Waals surface area contributed by atoms with Gasteiger partial charge >= 0.3 is 0 Å². The lowest BCUT2D eigenvalue weighted by atomic mass is 9.95. The van der Waals surface area contributed by atoms with Crippen LogP contribution < -0.4 is 0 Å². The molecular formula is C6H10O2. The van der Waals surface area contributed by atoms with Gasteiger partial charge in [-0.25, -0.2) is 10.2 Å². The van der Waals surface area contributed by atoms with Gasteiger partial charge in [0.1, 0.15) is 12.2 Å². The average Bonchev–Trinajstić information content (AvgIpc) is 1.77. The summed E-state index contributed by atoms with van der Waals surface area (Å²) in [4.78, 5) is 0. The van der Waals surface area contributed by atoms with Crippen LogP contribution in [0.25, 0.3) is 0 Å². The minimum absolute atomic E-state index is 0.605. The fourth-order valence-corrected chi connectivity index (χ4v) is 1.06. The molecule has 0 heterocycles. The van der Waals surface area contributed by atoms with Crippen LogP contribution in [0, 0.1) is 0 Å². The quantitative estimate of drug-likeness (QED) is 0.453. The second kappa shape index (κ2) is 2.46. The predicted octanol–water partition coefficient (Wildman–Crippen LogP) is 1.16. The molecule has 2 radical (unpaired) electrons. The van der Waals surface area contributed by atoms with Gasteiger partial charge in [0.15, 0.2) is 0 Å². The minimum Gasteiger partial charge on any atom is -0.230 e. The second-order valence-corrected chi connectivity index (χ2v) is 2.36. The highest BCUT2D eigenvalue weighted by molar-refractivity contribution is 4.71. The minimum atomic E-state index is -0.802. The van der Waals surface area contributed by atoms with Gasteiger partial charge in [0.2, 0.25) is 0 Å². The molecule has 2 nitrogen and oxygen atoms in total. The van der Waals surface area contributed by atoms with Crippen LogP contribution >= 0.6 is 0 Å².